The molecular formula is C21H23N3O5. The number of aryl methyl sites for hydroxylation is 1. The van der Waals surface area contributed by atoms with Crippen LogP contribution in [0, 0.1) is 0 Å². The van der Waals surface area contributed by atoms with Crippen LogP contribution in [0.25, 0.3) is 21.9 Å². The predicted molar refractivity (Wildman–Crippen MR) is 109 cm³/mol. The lowest BCUT2D eigenvalue weighted by molar-refractivity contribution is -0.138. The monoisotopic (exact) mass is 397 g/mol. The van der Waals surface area contributed by atoms with Crippen LogP contribution in [0.2, 0.25) is 0 Å². The van der Waals surface area contributed by atoms with Gasteiger partial charge < -0.3 is 19.1 Å². The van der Waals surface area contributed by atoms with Crippen molar-refractivity contribution in [3.05, 3.63) is 52.7 Å². The minimum Gasteiger partial charge on any atom is -0.496 e. The SMILES string of the molecule is COc1cc(CN(C)CC(=O)O)cc(OC)c1-c1cn(C)c(=O)c2cnccc12. The summed E-state index contributed by atoms with van der Waals surface area (Å²) in [5.74, 6) is 0.244. The molecule has 0 spiro atoms. The molecule has 8 nitrogen and oxygen atoms in total. The van der Waals surface area contributed by atoms with Crippen molar-refractivity contribution in [3.63, 3.8) is 0 Å². The number of benzene rings is 1. The number of likely N-dealkylation sites (N-methyl/N-ethyl adjacent to an activating group) is 1. The van der Waals surface area contributed by atoms with Crippen LogP contribution in [0.4, 0.5) is 0 Å². The summed E-state index contributed by atoms with van der Waals surface area (Å²) in [6.45, 7) is 0.335. The molecule has 0 aliphatic heterocycles. The van der Waals surface area contributed by atoms with Crippen molar-refractivity contribution in [1.29, 1.82) is 0 Å². The molecule has 152 valence electrons. The number of rotatable bonds is 7. The second-order valence-corrected chi connectivity index (χ2v) is 6.82. The van der Waals surface area contributed by atoms with E-state index >= 15 is 0 Å². The van der Waals surface area contributed by atoms with Crippen LogP contribution in [0.5, 0.6) is 11.5 Å². The highest BCUT2D eigenvalue weighted by molar-refractivity contribution is 5.98. The minimum absolute atomic E-state index is 0.0786. The van der Waals surface area contributed by atoms with Gasteiger partial charge >= 0.3 is 5.97 Å². The standard InChI is InChI=1S/C21H23N3O5/c1-23(12-19(25)26)10-13-7-17(28-3)20(18(8-13)29-4)16-11-24(2)21(27)15-9-22-6-5-14(15)16/h5-9,11H,10,12H2,1-4H3,(H,25,26). The lowest BCUT2D eigenvalue weighted by Crippen LogP contribution is -2.25. The van der Waals surface area contributed by atoms with Crippen LogP contribution in [0.1, 0.15) is 5.56 Å². The van der Waals surface area contributed by atoms with Crippen LogP contribution >= 0.6 is 0 Å². The minimum atomic E-state index is -0.895. The molecule has 3 aromatic rings. The number of fused-ring (bicyclic) bond motifs is 1. The van der Waals surface area contributed by atoms with Gasteiger partial charge in [0.2, 0.25) is 0 Å². The van der Waals surface area contributed by atoms with Gasteiger partial charge in [0.15, 0.2) is 0 Å². The average molecular weight is 397 g/mol. The number of carbonyl (C=O) groups is 1. The van der Waals surface area contributed by atoms with E-state index < -0.39 is 5.97 Å². The summed E-state index contributed by atoms with van der Waals surface area (Å²) in [5, 5.41) is 10.2. The summed E-state index contributed by atoms with van der Waals surface area (Å²) >= 11 is 0. The number of methoxy groups -OCH3 is 2. The fourth-order valence-electron chi connectivity index (χ4n) is 3.43. The fraction of sp³-hybridized carbons (Fsp3) is 0.286. The summed E-state index contributed by atoms with van der Waals surface area (Å²) in [6, 6.07) is 5.50. The van der Waals surface area contributed by atoms with Gasteiger partial charge in [0.1, 0.15) is 11.5 Å². The van der Waals surface area contributed by atoms with Crippen molar-refractivity contribution in [2.24, 2.45) is 7.05 Å². The average Bonchev–Trinajstić information content (AvgIpc) is 2.69. The lowest BCUT2D eigenvalue weighted by Gasteiger charge is -2.20. The fourth-order valence-corrected chi connectivity index (χ4v) is 3.43. The smallest absolute Gasteiger partial charge is 0.317 e. The van der Waals surface area contributed by atoms with E-state index in [9.17, 15) is 9.59 Å². The molecule has 0 bridgehead atoms. The topological polar surface area (TPSA) is 93.9 Å². The van der Waals surface area contributed by atoms with Gasteiger partial charge in [-0.25, -0.2) is 0 Å². The molecular weight excluding hydrogens is 374 g/mol. The zero-order chi connectivity index (χ0) is 21.1. The first kappa shape index (κ1) is 20.3. The highest BCUT2D eigenvalue weighted by Crippen LogP contribution is 2.42. The maximum absolute atomic E-state index is 12.5. The number of ether oxygens (including phenoxy) is 2. The lowest BCUT2D eigenvalue weighted by atomic mass is 9.98. The van der Waals surface area contributed by atoms with Gasteiger partial charge in [0.05, 0.1) is 31.7 Å². The molecule has 8 heteroatoms. The van der Waals surface area contributed by atoms with Crippen LogP contribution in [-0.4, -0.2) is 53.3 Å². The van der Waals surface area contributed by atoms with E-state index in [0.29, 0.717) is 29.0 Å². The zero-order valence-corrected chi connectivity index (χ0v) is 16.8. The summed E-state index contributed by atoms with van der Waals surface area (Å²) in [4.78, 5) is 29.2. The number of hydrogen-bond acceptors (Lipinski definition) is 6. The highest BCUT2D eigenvalue weighted by atomic mass is 16.5. The Balaban J connectivity index is 2.20. The van der Waals surface area contributed by atoms with Gasteiger partial charge in [-0.05, 0) is 36.2 Å². The molecule has 2 aromatic heterocycles. The van der Waals surface area contributed by atoms with Crippen LogP contribution in [-0.2, 0) is 18.4 Å². The largest absolute Gasteiger partial charge is 0.496 e. The second-order valence-electron chi connectivity index (χ2n) is 6.82. The molecule has 0 fully saturated rings. The molecule has 3 rings (SSSR count). The number of carboxylic acids is 1. The van der Waals surface area contributed by atoms with Crippen molar-refractivity contribution in [2.45, 2.75) is 6.54 Å². The third-order valence-corrected chi connectivity index (χ3v) is 4.68. The Bertz CT molecular complexity index is 1100. The Labute approximate surface area is 167 Å². The van der Waals surface area contributed by atoms with Crippen molar-refractivity contribution in [3.8, 4) is 22.6 Å². The maximum Gasteiger partial charge on any atom is 0.317 e. The van der Waals surface area contributed by atoms with E-state index in [1.54, 1.807) is 57.9 Å². The van der Waals surface area contributed by atoms with E-state index in [-0.39, 0.29) is 12.1 Å². The number of pyridine rings is 2. The molecule has 0 atom stereocenters. The van der Waals surface area contributed by atoms with Gasteiger partial charge in [-0.2, -0.15) is 0 Å². The molecule has 29 heavy (non-hydrogen) atoms. The van der Waals surface area contributed by atoms with Gasteiger partial charge in [-0.3, -0.25) is 19.5 Å². The van der Waals surface area contributed by atoms with E-state index in [1.165, 1.54) is 4.57 Å². The Morgan fingerprint density at radius 2 is 1.86 bits per heavy atom. The van der Waals surface area contributed by atoms with Crippen molar-refractivity contribution in [2.75, 3.05) is 27.8 Å². The Kier molecular flexibility index (Phi) is 5.84. The van der Waals surface area contributed by atoms with E-state index in [1.807, 2.05) is 12.1 Å². The first-order valence-electron chi connectivity index (χ1n) is 8.94. The van der Waals surface area contributed by atoms with Gasteiger partial charge in [0.25, 0.3) is 5.56 Å². The molecule has 0 amide bonds. The van der Waals surface area contributed by atoms with Gasteiger partial charge in [0, 0.05) is 37.7 Å². The third kappa shape index (κ3) is 4.07. The van der Waals surface area contributed by atoms with Gasteiger partial charge in [-0.15, -0.1) is 0 Å². The number of carboxylic acid groups (broad SMARTS) is 1. The second kappa shape index (κ2) is 8.32. The van der Waals surface area contributed by atoms with E-state index in [4.69, 9.17) is 14.6 Å². The molecule has 0 saturated heterocycles. The Hall–Kier alpha value is -3.39. The van der Waals surface area contributed by atoms with Crippen molar-refractivity contribution < 1.29 is 19.4 Å². The maximum atomic E-state index is 12.5. The molecule has 0 radical (unpaired) electrons. The van der Waals surface area contributed by atoms with Crippen LogP contribution in [0.15, 0.2) is 41.6 Å². The number of aliphatic carboxylic acids is 1. The highest BCUT2D eigenvalue weighted by Gasteiger charge is 2.19. The Morgan fingerprint density at radius 1 is 1.21 bits per heavy atom. The molecule has 1 aromatic carbocycles. The van der Waals surface area contributed by atoms with Crippen LogP contribution in [0.3, 0.4) is 0 Å². The van der Waals surface area contributed by atoms with E-state index in [2.05, 4.69) is 4.98 Å². The number of hydrogen-bond donors (Lipinski definition) is 1. The molecule has 2 heterocycles. The third-order valence-electron chi connectivity index (χ3n) is 4.68. The molecule has 0 saturated carbocycles. The molecule has 0 aliphatic rings. The Morgan fingerprint density at radius 3 is 2.45 bits per heavy atom. The summed E-state index contributed by atoms with van der Waals surface area (Å²) < 4.78 is 12.8. The predicted octanol–water partition coefficient (Wildman–Crippen LogP) is 2.13. The summed E-state index contributed by atoms with van der Waals surface area (Å²) in [5.41, 5.74) is 2.21. The first-order valence-corrected chi connectivity index (χ1v) is 8.94. The number of nitrogens with zero attached hydrogens (tertiary/aromatic N) is 3. The van der Waals surface area contributed by atoms with Gasteiger partial charge in [-0.1, -0.05) is 0 Å². The number of aromatic nitrogens is 2. The van der Waals surface area contributed by atoms with Crippen molar-refractivity contribution >= 4 is 16.7 Å². The van der Waals surface area contributed by atoms with E-state index in [0.717, 1.165) is 16.5 Å². The first-order chi connectivity index (χ1) is 13.8. The summed E-state index contributed by atoms with van der Waals surface area (Å²) in [7, 11) is 6.55. The zero-order valence-electron chi connectivity index (χ0n) is 16.8. The molecule has 0 unspecified atom stereocenters. The normalized spacial score (nSPS) is 11.1. The molecule has 1 N–H and O–H groups in total. The van der Waals surface area contributed by atoms with Crippen molar-refractivity contribution in [1.82, 2.24) is 14.5 Å². The quantitative estimate of drug-likeness (QED) is 0.653. The van der Waals surface area contributed by atoms with Crippen LogP contribution < -0.4 is 15.0 Å². The summed E-state index contributed by atoms with van der Waals surface area (Å²) in [6.07, 6.45) is 4.94. The molecule has 0 aliphatic carbocycles.